The van der Waals surface area contributed by atoms with Gasteiger partial charge in [-0.25, -0.2) is 0 Å². The maximum absolute atomic E-state index is 2.40. The topological polar surface area (TPSA) is 0 Å². The van der Waals surface area contributed by atoms with Crippen molar-refractivity contribution in [3.05, 3.63) is 465 Å². The van der Waals surface area contributed by atoms with Gasteiger partial charge in [0.2, 0.25) is 0 Å². The molecule has 0 saturated carbocycles. The molecule has 0 N–H and O–H groups in total. The van der Waals surface area contributed by atoms with Gasteiger partial charge in [-0.15, -0.1) is 0 Å². The van der Waals surface area contributed by atoms with Crippen molar-refractivity contribution < 1.29 is 0 Å². The minimum absolute atomic E-state index is 0. The molecular formula is C104H90. The van der Waals surface area contributed by atoms with Crippen LogP contribution >= 0.6 is 0 Å². The lowest BCUT2D eigenvalue weighted by atomic mass is 9.67. The standard InChI is InChI=1S/C26H18.C26H20.C16H16.C13H12.2C11H10.CH4/c1-17-14-15-21-20-10-4-7-13-24(20)26(25(21)16-17)22-11-5-2-8-18(22)19-9-3-6-12-23(19)26;1-19-16-17-23-22-14-8-9-15-24(22)26(25(23)18-19,20-10-4-2-5-11-20)21-12-6-3-7-13-21;1-11-8-9-13-12-6-4-5-7-14(12)16(2,3)15(13)10-11;1-11-7-5-6-10-13(11)12-8-3-2-4-9-12;1-9-5-4-7-10-6-2-3-8-11(9)10;1-9-6-7-10-4-2-3-5-11(10)8-9;/h2-16H,1H3;2-18H,1H3;4-10H,1-3H3;2-10H,1H3;2*2-8H,1H3;1H4. The molecule has 0 saturated heterocycles. The van der Waals surface area contributed by atoms with E-state index in [-0.39, 0.29) is 23.7 Å². The number of benzene rings is 16. The second kappa shape index (κ2) is 29.6. The molecule has 16 aromatic rings. The van der Waals surface area contributed by atoms with Crippen LogP contribution in [-0.4, -0.2) is 0 Å². The van der Waals surface area contributed by atoms with Crippen molar-refractivity contribution in [1.29, 1.82) is 0 Å². The Morgan fingerprint density at radius 2 is 0.510 bits per heavy atom. The van der Waals surface area contributed by atoms with Crippen LogP contribution in [0.3, 0.4) is 0 Å². The lowest BCUT2D eigenvalue weighted by Gasteiger charge is -2.34. The van der Waals surface area contributed by atoms with E-state index in [1.165, 1.54) is 166 Å². The number of fused-ring (bicyclic) bond motifs is 18. The Kier molecular flexibility index (Phi) is 19.6. The first-order valence-electron chi connectivity index (χ1n) is 36.3. The first-order chi connectivity index (χ1) is 50.3. The molecule has 0 radical (unpaired) electrons. The molecule has 0 fully saturated rings. The van der Waals surface area contributed by atoms with Gasteiger partial charge in [0.15, 0.2) is 0 Å². The molecule has 4 aliphatic rings. The summed E-state index contributed by atoms with van der Waals surface area (Å²) in [6.07, 6.45) is 0. The zero-order valence-electron chi connectivity index (χ0n) is 60.3. The SMILES string of the molecule is C.Cc1ccc2c(c1)C(C)(C)c1ccccc1-2.Cc1ccc2c(c1)C(c1ccccc1)(c1ccccc1)c1ccccc1-2.Cc1ccc2c(c1)C1(c3ccccc3-c3ccccc31)c1ccccc1-2.Cc1ccc2ccccc2c1.Cc1cccc2ccccc12.Cc1ccccc1-c1ccccc1. The smallest absolute Gasteiger partial charge is 0.0725 e. The fourth-order valence-corrected chi connectivity index (χ4v) is 16.8. The van der Waals surface area contributed by atoms with Crippen molar-refractivity contribution in [3.8, 4) is 55.6 Å². The van der Waals surface area contributed by atoms with E-state index in [9.17, 15) is 0 Å². The van der Waals surface area contributed by atoms with Crippen LogP contribution in [0.2, 0.25) is 0 Å². The summed E-state index contributed by atoms with van der Waals surface area (Å²) >= 11 is 0. The summed E-state index contributed by atoms with van der Waals surface area (Å²) in [7, 11) is 0. The summed E-state index contributed by atoms with van der Waals surface area (Å²) < 4.78 is 0. The van der Waals surface area contributed by atoms with E-state index in [2.05, 4.69) is 425 Å². The number of rotatable bonds is 3. The van der Waals surface area contributed by atoms with Gasteiger partial charge in [-0.05, 0) is 185 Å². The van der Waals surface area contributed by atoms with E-state index < -0.39 is 0 Å². The predicted octanol–water partition coefficient (Wildman–Crippen LogP) is 27.6. The molecule has 0 heteroatoms. The molecule has 104 heavy (non-hydrogen) atoms. The lowest BCUT2D eigenvalue weighted by Crippen LogP contribution is -2.28. The van der Waals surface area contributed by atoms with E-state index in [0.717, 1.165) is 0 Å². The van der Waals surface area contributed by atoms with Crippen molar-refractivity contribution in [3.63, 3.8) is 0 Å². The highest BCUT2D eigenvalue weighted by atomic mass is 14.5. The molecule has 0 aliphatic heterocycles. The van der Waals surface area contributed by atoms with Crippen LogP contribution in [-0.2, 0) is 16.2 Å². The molecular weight excluding hydrogens is 1250 g/mol. The van der Waals surface area contributed by atoms with Crippen molar-refractivity contribution in [2.75, 3.05) is 0 Å². The molecule has 0 heterocycles. The van der Waals surface area contributed by atoms with E-state index >= 15 is 0 Å². The largest absolute Gasteiger partial charge is 0.0776 e. The summed E-state index contributed by atoms with van der Waals surface area (Å²) in [5.74, 6) is 0. The van der Waals surface area contributed by atoms with Crippen molar-refractivity contribution in [2.24, 2.45) is 0 Å². The molecule has 0 atom stereocenters. The monoisotopic (exact) mass is 1340 g/mol. The van der Waals surface area contributed by atoms with Gasteiger partial charge < -0.3 is 0 Å². The minimum Gasteiger partial charge on any atom is -0.0776 e. The van der Waals surface area contributed by atoms with Crippen LogP contribution in [0, 0.1) is 41.5 Å². The third-order valence-electron chi connectivity index (χ3n) is 21.6. The lowest BCUT2D eigenvalue weighted by molar-refractivity contribution is 0.660. The van der Waals surface area contributed by atoms with E-state index in [1.807, 2.05) is 6.07 Å². The van der Waals surface area contributed by atoms with Gasteiger partial charge in [0, 0.05) is 5.41 Å². The Balaban J connectivity index is 0.000000109. The van der Waals surface area contributed by atoms with Gasteiger partial charge in [0.05, 0.1) is 10.8 Å². The number of aryl methyl sites for hydroxylation is 6. The summed E-state index contributed by atoms with van der Waals surface area (Å²) in [6, 6.07) is 136. The zero-order valence-corrected chi connectivity index (χ0v) is 60.3. The predicted molar refractivity (Wildman–Crippen MR) is 445 cm³/mol. The fraction of sp³-hybridized carbons (Fsp3) is 0.115. The van der Waals surface area contributed by atoms with Crippen LogP contribution in [0.1, 0.15) is 110 Å². The number of hydrogen-bond donors (Lipinski definition) is 0. The first kappa shape index (κ1) is 69.1. The molecule has 0 aromatic heterocycles. The van der Waals surface area contributed by atoms with E-state index in [0.29, 0.717) is 0 Å². The Hall–Kier alpha value is -12.0. The summed E-state index contributed by atoms with van der Waals surface area (Å²) in [4.78, 5) is 0. The Labute approximate surface area is 617 Å². The van der Waals surface area contributed by atoms with Gasteiger partial charge in [0.25, 0.3) is 0 Å². The molecule has 0 bridgehead atoms. The van der Waals surface area contributed by atoms with Crippen LogP contribution in [0.15, 0.2) is 376 Å². The quantitative estimate of drug-likeness (QED) is 0.165. The molecule has 1 spiro atoms. The van der Waals surface area contributed by atoms with E-state index in [4.69, 9.17) is 0 Å². The average molecular weight is 1340 g/mol. The summed E-state index contributed by atoms with van der Waals surface area (Å²) in [5.41, 5.74) is 35.3. The normalized spacial score (nSPS) is 13.0. The van der Waals surface area contributed by atoms with Crippen LogP contribution < -0.4 is 0 Å². The highest BCUT2D eigenvalue weighted by Gasteiger charge is 2.51. The van der Waals surface area contributed by atoms with Gasteiger partial charge in [0.1, 0.15) is 0 Å². The van der Waals surface area contributed by atoms with Crippen molar-refractivity contribution >= 4 is 21.5 Å². The molecule has 0 amide bonds. The Bertz CT molecular complexity index is 5510. The van der Waals surface area contributed by atoms with Crippen LogP contribution in [0.4, 0.5) is 0 Å². The number of hydrogen-bond acceptors (Lipinski definition) is 0. The molecule has 0 nitrogen and oxygen atoms in total. The van der Waals surface area contributed by atoms with Gasteiger partial charge >= 0.3 is 0 Å². The first-order valence-corrected chi connectivity index (χ1v) is 36.3. The minimum atomic E-state index is -0.263. The average Bonchev–Trinajstić information content (AvgIpc) is 1.52. The third kappa shape index (κ3) is 12.6. The maximum atomic E-state index is 2.40. The summed E-state index contributed by atoms with van der Waals surface area (Å²) in [5, 5.41) is 5.33. The molecule has 0 unspecified atom stereocenters. The Morgan fingerprint density at radius 1 is 0.192 bits per heavy atom. The zero-order chi connectivity index (χ0) is 70.7. The van der Waals surface area contributed by atoms with Crippen LogP contribution in [0.25, 0.3) is 77.2 Å². The third-order valence-corrected chi connectivity index (χ3v) is 21.6. The molecule has 16 aromatic carbocycles. The maximum Gasteiger partial charge on any atom is 0.0725 e. The molecule has 4 aliphatic carbocycles. The van der Waals surface area contributed by atoms with E-state index in [1.54, 1.807) is 0 Å². The second-order valence-corrected chi connectivity index (χ2v) is 28.6. The Morgan fingerprint density at radius 3 is 1.00 bits per heavy atom. The fourth-order valence-electron chi connectivity index (χ4n) is 16.8. The summed E-state index contributed by atoms with van der Waals surface area (Å²) in [6.45, 7) is 17.6. The van der Waals surface area contributed by atoms with Crippen molar-refractivity contribution in [1.82, 2.24) is 0 Å². The van der Waals surface area contributed by atoms with Gasteiger partial charge in [-0.2, -0.15) is 0 Å². The molecule has 20 rings (SSSR count). The highest BCUT2D eigenvalue weighted by Crippen LogP contribution is 2.63. The highest BCUT2D eigenvalue weighted by molar-refractivity contribution is 5.95. The van der Waals surface area contributed by atoms with Gasteiger partial charge in [-0.1, -0.05) is 420 Å². The van der Waals surface area contributed by atoms with Crippen molar-refractivity contribution in [2.45, 2.75) is 79.1 Å². The second-order valence-electron chi connectivity index (χ2n) is 28.6. The molecule has 506 valence electrons. The van der Waals surface area contributed by atoms with Gasteiger partial charge in [-0.3, -0.25) is 0 Å². The van der Waals surface area contributed by atoms with Crippen LogP contribution in [0.5, 0.6) is 0 Å².